The Morgan fingerprint density at radius 3 is 1.89 bits per heavy atom. The van der Waals surface area contributed by atoms with Crippen molar-refractivity contribution in [2.75, 3.05) is 0 Å². The molecule has 0 rings (SSSR count). The third-order valence-corrected chi connectivity index (χ3v) is 4.69. The average molecular weight is 189 g/mol. The van der Waals surface area contributed by atoms with Crippen molar-refractivity contribution in [3.8, 4) is 0 Å². The molecule has 0 spiro atoms. The molecule has 0 N–H and O–H groups in total. The summed E-state index contributed by atoms with van der Waals surface area (Å²) in [6.07, 6.45) is 1.34. The van der Waals surface area contributed by atoms with E-state index in [1.54, 1.807) is 0 Å². The molecule has 9 heavy (non-hydrogen) atoms. The van der Waals surface area contributed by atoms with Crippen molar-refractivity contribution in [3.05, 3.63) is 0 Å². The SMILES string of the molecule is CCC(C)(C)[As]C(C)C. The summed E-state index contributed by atoms with van der Waals surface area (Å²) in [7, 11) is 0. The summed E-state index contributed by atoms with van der Waals surface area (Å²) in [4.78, 5) is 0. The van der Waals surface area contributed by atoms with Crippen molar-refractivity contribution >= 4 is 15.8 Å². The Morgan fingerprint density at radius 1 is 1.33 bits per heavy atom. The summed E-state index contributed by atoms with van der Waals surface area (Å²) < 4.78 is 1.60. The third kappa shape index (κ3) is 5.03. The summed E-state index contributed by atoms with van der Waals surface area (Å²) in [5.74, 6) is 0. The van der Waals surface area contributed by atoms with Crippen LogP contribution in [0, 0.1) is 0 Å². The summed E-state index contributed by atoms with van der Waals surface area (Å²) in [6.45, 7) is 11.7. The van der Waals surface area contributed by atoms with Crippen molar-refractivity contribution in [1.82, 2.24) is 0 Å². The van der Waals surface area contributed by atoms with Gasteiger partial charge in [0.1, 0.15) is 0 Å². The Hall–Kier alpha value is 0.558. The van der Waals surface area contributed by atoms with E-state index in [0.717, 1.165) is 4.71 Å². The van der Waals surface area contributed by atoms with Gasteiger partial charge in [-0.05, 0) is 0 Å². The molecule has 0 atom stereocenters. The van der Waals surface area contributed by atoms with Crippen LogP contribution < -0.4 is 0 Å². The molecular formula is C8H18As. The van der Waals surface area contributed by atoms with Gasteiger partial charge in [0.15, 0.2) is 0 Å². The molecule has 0 aromatic rings. The van der Waals surface area contributed by atoms with Crippen LogP contribution >= 0.6 is 0 Å². The van der Waals surface area contributed by atoms with Crippen molar-refractivity contribution in [2.45, 2.75) is 49.9 Å². The fourth-order valence-electron chi connectivity index (χ4n) is 0.790. The molecule has 0 aromatic carbocycles. The monoisotopic (exact) mass is 189 g/mol. The summed E-state index contributed by atoms with van der Waals surface area (Å²) in [5, 5.41) is 0. The van der Waals surface area contributed by atoms with Gasteiger partial charge in [-0.2, -0.15) is 0 Å². The van der Waals surface area contributed by atoms with Gasteiger partial charge in [-0.1, -0.05) is 0 Å². The van der Waals surface area contributed by atoms with E-state index in [4.69, 9.17) is 0 Å². The maximum atomic E-state index is 2.38. The van der Waals surface area contributed by atoms with Gasteiger partial charge in [0.2, 0.25) is 0 Å². The molecule has 0 bridgehead atoms. The zero-order valence-electron chi connectivity index (χ0n) is 7.23. The fraction of sp³-hybridized carbons (Fsp3) is 1.00. The van der Waals surface area contributed by atoms with E-state index in [0.29, 0.717) is 20.0 Å². The molecule has 55 valence electrons. The quantitative estimate of drug-likeness (QED) is 0.598. The first-order valence-electron chi connectivity index (χ1n) is 3.70. The maximum absolute atomic E-state index is 2.38. The Labute approximate surface area is 66.1 Å². The predicted octanol–water partition coefficient (Wildman–Crippen LogP) is 3.13. The number of rotatable bonds is 3. The van der Waals surface area contributed by atoms with E-state index < -0.39 is 0 Å². The Kier molecular flexibility index (Phi) is 3.89. The summed E-state index contributed by atoms with van der Waals surface area (Å²) in [6, 6.07) is 0. The van der Waals surface area contributed by atoms with Crippen LogP contribution in [0.15, 0.2) is 0 Å². The first kappa shape index (κ1) is 9.56. The molecule has 0 aliphatic rings. The topological polar surface area (TPSA) is 0 Å². The van der Waals surface area contributed by atoms with E-state index in [9.17, 15) is 0 Å². The zero-order chi connectivity index (χ0) is 7.49. The molecular weight excluding hydrogens is 171 g/mol. The van der Waals surface area contributed by atoms with Crippen LogP contribution in [0.25, 0.3) is 0 Å². The zero-order valence-corrected chi connectivity index (χ0v) is 9.11. The first-order chi connectivity index (χ1) is 3.98. The van der Waals surface area contributed by atoms with E-state index in [-0.39, 0.29) is 0 Å². The Balaban J connectivity index is 3.58. The van der Waals surface area contributed by atoms with Gasteiger partial charge >= 0.3 is 65.7 Å². The van der Waals surface area contributed by atoms with Crippen LogP contribution in [0.5, 0.6) is 0 Å². The molecule has 0 saturated carbocycles. The molecule has 0 heterocycles. The van der Waals surface area contributed by atoms with Crippen LogP contribution in [0.4, 0.5) is 0 Å². The summed E-state index contributed by atoms with van der Waals surface area (Å²) in [5.41, 5.74) is 0. The van der Waals surface area contributed by atoms with Crippen molar-refractivity contribution in [2.24, 2.45) is 0 Å². The molecule has 0 nitrogen and oxygen atoms in total. The van der Waals surface area contributed by atoms with Gasteiger partial charge in [-0.15, -0.1) is 0 Å². The first-order valence-corrected chi connectivity index (χ1v) is 5.72. The van der Waals surface area contributed by atoms with Crippen molar-refractivity contribution < 1.29 is 0 Å². The van der Waals surface area contributed by atoms with E-state index in [1.165, 1.54) is 6.42 Å². The minimum atomic E-state index is 0.556. The fourth-order valence-corrected chi connectivity index (χ4v) is 4.11. The Bertz CT molecular complexity index is 74.6. The van der Waals surface area contributed by atoms with Crippen molar-refractivity contribution in [3.63, 3.8) is 0 Å². The molecule has 1 radical (unpaired) electrons. The van der Waals surface area contributed by atoms with Gasteiger partial charge in [-0.25, -0.2) is 0 Å². The molecule has 0 aliphatic carbocycles. The van der Waals surface area contributed by atoms with E-state index in [1.807, 2.05) is 0 Å². The molecule has 1 heteroatoms. The van der Waals surface area contributed by atoms with Gasteiger partial charge in [-0.3, -0.25) is 0 Å². The van der Waals surface area contributed by atoms with Crippen LogP contribution in [-0.4, -0.2) is 15.8 Å². The second-order valence-electron chi connectivity index (χ2n) is 3.39. The van der Waals surface area contributed by atoms with E-state index >= 15 is 0 Å². The van der Waals surface area contributed by atoms with Crippen LogP contribution in [0.3, 0.4) is 0 Å². The molecule has 0 aromatic heterocycles. The second kappa shape index (κ2) is 3.66. The Morgan fingerprint density at radius 2 is 1.78 bits per heavy atom. The van der Waals surface area contributed by atoms with Gasteiger partial charge in [0.05, 0.1) is 0 Å². The van der Waals surface area contributed by atoms with E-state index in [2.05, 4.69) is 34.6 Å². The normalized spacial score (nSPS) is 14.0. The minimum absolute atomic E-state index is 0.556. The van der Waals surface area contributed by atoms with Gasteiger partial charge in [0, 0.05) is 0 Å². The summed E-state index contributed by atoms with van der Waals surface area (Å²) >= 11 is 0.556. The molecule has 0 unspecified atom stereocenters. The molecule has 0 amide bonds. The predicted molar refractivity (Wildman–Crippen MR) is 45.2 cm³/mol. The second-order valence-corrected chi connectivity index (χ2v) is 8.64. The molecule has 0 saturated heterocycles. The van der Waals surface area contributed by atoms with Gasteiger partial charge in [0.25, 0.3) is 0 Å². The van der Waals surface area contributed by atoms with Crippen LogP contribution in [-0.2, 0) is 0 Å². The third-order valence-electron chi connectivity index (χ3n) is 1.47. The number of hydrogen-bond acceptors (Lipinski definition) is 0. The molecule has 0 fully saturated rings. The van der Waals surface area contributed by atoms with Crippen LogP contribution in [0.1, 0.15) is 41.0 Å². The molecule has 0 aliphatic heterocycles. The van der Waals surface area contributed by atoms with Crippen LogP contribution in [0.2, 0.25) is 8.91 Å². The number of hydrogen-bond donors (Lipinski definition) is 0. The average Bonchev–Trinajstić information content (AvgIpc) is 1.63. The standard InChI is InChI=1S/C8H18As/c1-6-8(4,5)9-7(2)3/h7H,6H2,1-5H3. The van der Waals surface area contributed by atoms with Gasteiger partial charge < -0.3 is 0 Å². The van der Waals surface area contributed by atoms with Crippen molar-refractivity contribution in [1.29, 1.82) is 0 Å².